The van der Waals surface area contributed by atoms with Crippen molar-refractivity contribution >= 4 is 7.82 Å². The molecule has 0 aromatic carbocycles. The first-order valence-electron chi connectivity index (χ1n) is 7.91. The highest BCUT2D eigenvalue weighted by molar-refractivity contribution is 7.47. The summed E-state index contributed by atoms with van der Waals surface area (Å²) in [6.45, 7) is 7.61. The molecule has 0 amide bonds. The van der Waals surface area contributed by atoms with Crippen LogP contribution in [0.15, 0.2) is 0 Å². The third kappa shape index (κ3) is 14.7. The molecule has 25 heavy (non-hydrogen) atoms. The number of methoxy groups -OCH3 is 2. The van der Waals surface area contributed by atoms with E-state index >= 15 is 0 Å². The van der Waals surface area contributed by atoms with E-state index in [4.69, 9.17) is 37.5 Å². The predicted octanol–water partition coefficient (Wildman–Crippen LogP) is 1.86. The maximum atomic E-state index is 11.9. The first kappa shape index (κ1) is 24.9. The van der Waals surface area contributed by atoms with E-state index in [-0.39, 0.29) is 0 Å². The van der Waals surface area contributed by atoms with Crippen molar-refractivity contribution in [1.29, 1.82) is 0 Å². The third-order valence-electron chi connectivity index (χ3n) is 2.61. The Morgan fingerprint density at radius 2 is 1.08 bits per heavy atom. The van der Waals surface area contributed by atoms with Crippen LogP contribution in [0.1, 0.15) is 27.7 Å². The number of hydrogen-bond donors (Lipinski definition) is 1. The van der Waals surface area contributed by atoms with Crippen LogP contribution in [0, 0.1) is 0 Å². The van der Waals surface area contributed by atoms with Crippen molar-refractivity contribution in [3.05, 3.63) is 0 Å². The molecule has 4 atom stereocenters. The molecule has 0 fully saturated rings. The van der Waals surface area contributed by atoms with Crippen LogP contribution in [0.2, 0.25) is 0 Å². The number of hydrogen-bond acceptors (Lipinski definition) is 9. The van der Waals surface area contributed by atoms with E-state index in [1.165, 1.54) is 13.8 Å². The summed E-state index contributed by atoms with van der Waals surface area (Å²) < 4.78 is 52.4. The Kier molecular flexibility index (Phi) is 13.9. The van der Waals surface area contributed by atoms with E-state index in [1.807, 2.05) is 0 Å². The molecule has 0 aromatic heterocycles. The monoisotopic (exact) mass is 390 g/mol. The summed E-state index contributed by atoms with van der Waals surface area (Å²) in [5.74, 6) is 0. The van der Waals surface area contributed by atoms with Gasteiger partial charge in [0.1, 0.15) is 0 Å². The molecule has 0 heterocycles. The zero-order valence-corrected chi connectivity index (χ0v) is 16.6. The van der Waals surface area contributed by atoms with Crippen molar-refractivity contribution in [3.63, 3.8) is 0 Å². The van der Waals surface area contributed by atoms with Crippen molar-refractivity contribution in [2.24, 2.45) is 0 Å². The molecular formula is C14H31O10P. The van der Waals surface area contributed by atoms with Crippen LogP contribution in [-0.4, -0.2) is 70.7 Å². The second kappa shape index (κ2) is 14.0. The lowest BCUT2D eigenvalue weighted by molar-refractivity contribution is -0.227. The van der Waals surface area contributed by atoms with Gasteiger partial charge in [0.15, 0.2) is 25.2 Å². The van der Waals surface area contributed by atoms with Crippen LogP contribution in [-0.2, 0) is 42.0 Å². The quantitative estimate of drug-likeness (QED) is 0.238. The lowest BCUT2D eigenvalue weighted by Gasteiger charge is -2.24. The van der Waals surface area contributed by atoms with Crippen molar-refractivity contribution < 1.29 is 46.9 Å². The lowest BCUT2D eigenvalue weighted by atomic mass is 10.6. The Balaban J connectivity index is 4.13. The topological polar surface area (TPSA) is 111 Å². The van der Waals surface area contributed by atoms with Gasteiger partial charge in [0.2, 0.25) is 0 Å². The molecule has 0 spiro atoms. The van der Waals surface area contributed by atoms with Gasteiger partial charge in [0.05, 0.1) is 26.4 Å². The van der Waals surface area contributed by atoms with E-state index in [0.29, 0.717) is 26.4 Å². The van der Waals surface area contributed by atoms with Gasteiger partial charge in [0.25, 0.3) is 0 Å². The molecule has 0 radical (unpaired) electrons. The number of phosphoric acid groups is 1. The Hall–Kier alpha value is -0.130. The molecule has 0 aliphatic carbocycles. The highest BCUT2D eigenvalue weighted by Gasteiger charge is 2.29. The van der Waals surface area contributed by atoms with Crippen LogP contribution in [0.25, 0.3) is 0 Å². The highest BCUT2D eigenvalue weighted by Crippen LogP contribution is 2.46. The molecule has 0 aliphatic rings. The fourth-order valence-corrected chi connectivity index (χ4v) is 2.56. The largest absolute Gasteiger partial charge is 0.476 e. The first-order chi connectivity index (χ1) is 11.7. The molecule has 0 aromatic rings. The standard InChI is InChI=1S/C14H31O10P/c1-11(19-9-7-17-5)21-13(3)23-25(15,16)24-14(4)22-12(2)20-10-8-18-6/h11-14H,7-10H2,1-6H3,(H,15,16). The Bertz CT molecular complexity index is 340. The van der Waals surface area contributed by atoms with Crippen LogP contribution in [0.3, 0.4) is 0 Å². The van der Waals surface area contributed by atoms with Crippen LogP contribution in [0.5, 0.6) is 0 Å². The smallest absolute Gasteiger partial charge is 0.382 e. The van der Waals surface area contributed by atoms with Gasteiger partial charge in [-0.25, -0.2) is 4.57 Å². The van der Waals surface area contributed by atoms with E-state index in [0.717, 1.165) is 0 Å². The molecule has 0 bridgehead atoms. The normalized spacial score (nSPS) is 19.2. The van der Waals surface area contributed by atoms with Crippen LogP contribution >= 0.6 is 7.82 Å². The molecule has 10 nitrogen and oxygen atoms in total. The molecule has 4 unspecified atom stereocenters. The van der Waals surface area contributed by atoms with Gasteiger partial charge in [-0.05, 0) is 27.7 Å². The second-order valence-corrected chi connectivity index (χ2v) is 6.31. The maximum Gasteiger partial charge on any atom is 0.476 e. The summed E-state index contributed by atoms with van der Waals surface area (Å²) in [5, 5.41) is 0. The summed E-state index contributed by atoms with van der Waals surface area (Å²) in [5.41, 5.74) is 0. The average Bonchev–Trinajstić information content (AvgIpc) is 2.45. The first-order valence-corrected chi connectivity index (χ1v) is 9.41. The van der Waals surface area contributed by atoms with Crippen molar-refractivity contribution in [2.75, 3.05) is 40.6 Å². The van der Waals surface area contributed by atoms with Crippen molar-refractivity contribution in [1.82, 2.24) is 0 Å². The van der Waals surface area contributed by atoms with Gasteiger partial charge in [-0.1, -0.05) is 0 Å². The second-order valence-electron chi connectivity index (χ2n) is 4.95. The van der Waals surface area contributed by atoms with E-state index < -0.39 is 33.0 Å². The van der Waals surface area contributed by atoms with Crippen molar-refractivity contribution in [2.45, 2.75) is 52.9 Å². The van der Waals surface area contributed by atoms with E-state index in [2.05, 4.69) is 0 Å². The zero-order chi connectivity index (χ0) is 19.3. The zero-order valence-electron chi connectivity index (χ0n) is 15.7. The molecule has 0 rings (SSSR count). The van der Waals surface area contributed by atoms with Crippen LogP contribution in [0.4, 0.5) is 0 Å². The molecular weight excluding hydrogens is 359 g/mol. The average molecular weight is 390 g/mol. The minimum Gasteiger partial charge on any atom is -0.382 e. The summed E-state index contributed by atoms with van der Waals surface area (Å²) in [6, 6.07) is 0. The SMILES string of the molecule is COCCOC(C)OC(C)OP(=O)(O)OC(C)OC(C)OCCOC. The van der Waals surface area contributed by atoms with Gasteiger partial charge in [-0.15, -0.1) is 0 Å². The molecule has 1 N–H and O–H groups in total. The molecule has 11 heteroatoms. The van der Waals surface area contributed by atoms with Gasteiger partial charge >= 0.3 is 7.82 Å². The van der Waals surface area contributed by atoms with E-state index in [1.54, 1.807) is 28.1 Å². The third-order valence-corrected chi connectivity index (χ3v) is 3.74. The predicted molar refractivity (Wildman–Crippen MR) is 87.7 cm³/mol. The summed E-state index contributed by atoms with van der Waals surface area (Å²) in [6.07, 6.45) is -3.35. The Morgan fingerprint density at radius 3 is 1.40 bits per heavy atom. The number of phosphoric ester groups is 1. The van der Waals surface area contributed by atoms with Crippen molar-refractivity contribution in [3.8, 4) is 0 Å². The fraction of sp³-hybridized carbons (Fsp3) is 1.00. The van der Waals surface area contributed by atoms with E-state index in [9.17, 15) is 9.46 Å². The molecule has 152 valence electrons. The van der Waals surface area contributed by atoms with Gasteiger partial charge < -0.3 is 33.3 Å². The minimum absolute atomic E-state index is 0.323. The Labute approximate surface area is 149 Å². The minimum atomic E-state index is -4.39. The molecule has 0 saturated heterocycles. The summed E-state index contributed by atoms with van der Waals surface area (Å²) in [7, 11) is -1.29. The van der Waals surface area contributed by atoms with Gasteiger partial charge in [-0.2, -0.15) is 0 Å². The summed E-state index contributed by atoms with van der Waals surface area (Å²) >= 11 is 0. The maximum absolute atomic E-state index is 11.9. The lowest BCUT2D eigenvalue weighted by Crippen LogP contribution is -2.25. The summed E-state index contributed by atoms with van der Waals surface area (Å²) in [4.78, 5) is 9.74. The van der Waals surface area contributed by atoms with Crippen LogP contribution < -0.4 is 0 Å². The number of rotatable bonds is 16. The Morgan fingerprint density at radius 1 is 0.720 bits per heavy atom. The fourth-order valence-electron chi connectivity index (χ4n) is 1.66. The molecule has 0 aliphatic heterocycles. The number of ether oxygens (including phenoxy) is 6. The van der Waals surface area contributed by atoms with Gasteiger partial charge in [0, 0.05) is 14.2 Å². The highest BCUT2D eigenvalue weighted by atomic mass is 31.2. The molecule has 0 saturated carbocycles. The van der Waals surface area contributed by atoms with Gasteiger partial charge in [-0.3, -0.25) is 9.05 Å².